The molecule has 4 amide bonds. The van der Waals surface area contributed by atoms with Crippen LogP contribution in [-0.2, 0) is 33.5 Å². The number of aliphatic carboxylic acids is 1. The number of carbonyl (C=O) groups excluding carboxylic acids is 5. The summed E-state index contributed by atoms with van der Waals surface area (Å²) in [6.07, 6.45) is -4.57. The summed E-state index contributed by atoms with van der Waals surface area (Å²) < 4.78 is 4.83. The molecule has 0 rings (SSSR count). The number of methoxy groups -OCH3 is 1. The number of ether oxygens (including phenoxy) is 1. The Hall–Kier alpha value is -3.50. The van der Waals surface area contributed by atoms with Crippen molar-refractivity contribution in [3.05, 3.63) is 0 Å². The van der Waals surface area contributed by atoms with Gasteiger partial charge in [0.15, 0.2) is 12.2 Å². The molecule has 0 aromatic rings. The molecule has 1 unspecified atom stereocenters. The van der Waals surface area contributed by atoms with Crippen LogP contribution < -0.4 is 44.2 Å². The molecule has 0 fully saturated rings. The van der Waals surface area contributed by atoms with Crippen molar-refractivity contribution in [3.63, 3.8) is 0 Å². The monoisotopic (exact) mass is 736 g/mol. The number of unbranched alkanes of at least 4 members (excludes halogenated alkanes) is 4. The normalized spacial score (nSPS) is 15.9. The van der Waals surface area contributed by atoms with Crippen LogP contribution in [0.15, 0.2) is 0 Å². The topological polar surface area (TPSA) is 365 Å². The van der Waals surface area contributed by atoms with Gasteiger partial charge in [-0.1, -0.05) is 0 Å². The van der Waals surface area contributed by atoms with Crippen LogP contribution in [0.2, 0.25) is 0 Å². The third kappa shape index (κ3) is 19.1. The van der Waals surface area contributed by atoms with Crippen LogP contribution >= 0.6 is 0 Å². The summed E-state index contributed by atoms with van der Waals surface area (Å²) in [5.41, 5.74) is 22.8. The number of aliphatic hydroxyl groups is 4. The average molecular weight is 737 g/mol. The molecule has 0 radical (unpaired) electrons. The van der Waals surface area contributed by atoms with Crippen molar-refractivity contribution in [3.8, 4) is 0 Å². The molecule has 20 nitrogen and oxygen atoms in total. The van der Waals surface area contributed by atoms with Crippen LogP contribution in [-0.4, -0.2) is 143 Å². The van der Waals surface area contributed by atoms with Crippen LogP contribution in [0, 0.1) is 0 Å². The molecule has 296 valence electrons. The van der Waals surface area contributed by atoms with E-state index >= 15 is 0 Å². The van der Waals surface area contributed by atoms with E-state index < -0.39 is 84.2 Å². The molecule has 0 saturated carbocycles. The number of carboxylic acid groups (broad SMARTS) is 1. The first kappa shape index (κ1) is 47.5. The summed E-state index contributed by atoms with van der Waals surface area (Å²) >= 11 is 0. The van der Waals surface area contributed by atoms with Crippen LogP contribution in [0.5, 0.6) is 0 Å². The second kappa shape index (κ2) is 27.2. The lowest BCUT2D eigenvalue weighted by Gasteiger charge is -2.26. The summed E-state index contributed by atoms with van der Waals surface area (Å²) in [7, 11) is 1.20. The molecule has 0 aliphatic rings. The molecule has 20 heteroatoms. The van der Waals surface area contributed by atoms with Crippen LogP contribution in [0.25, 0.3) is 0 Å². The fourth-order valence-electron chi connectivity index (χ4n) is 4.84. The van der Waals surface area contributed by atoms with Gasteiger partial charge in [0.2, 0.25) is 17.7 Å². The van der Waals surface area contributed by atoms with Crippen LogP contribution in [0.3, 0.4) is 0 Å². The average Bonchev–Trinajstić information content (AvgIpc) is 3.11. The standard InChI is InChI=1S/C31H60N8O12/c1-51-31(50)21(13-4-8-16-34)39-28(46)20(12-3-7-15-33)38-27(45)19(11-2-6-14-32)37-26(44)18(35)10-5-9-17-36-29(47)24(42)22(40)23(41)25(43)30(48)49/h18-25,40-43H,2-17,32-35H2,1H3,(H,36,47)(H,37,44)(H,38,45)(H,39,46)(H,48,49)/t18-,19-,20-,21?,22+,23-,24-,25+/m0/s1. The molecule has 0 heterocycles. The van der Waals surface area contributed by atoms with Crippen LogP contribution in [0.1, 0.15) is 77.0 Å². The number of nitrogens with two attached hydrogens (primary N) is 4. The van der Waals surface area contributed by atoms with E-state index in [1.54, 1.807) is 0 Å². The van der Waals surface area contributed by atoms with E-state index in [0.29, 0.717) is 64.6 Å². The van der Waals surface area contributed by atoms with E-state index in [2.05, 4.69) is 21.3 Å². The Kier molecular flexibility index (Phi) is 25.3. The molecule has 0 aromatic carbocycles. The smallest absolute Gasteiger partial charge is 0.335 e. The summed E-state index contributed by atoms with van der Waals surface area (Å²) in [6.45, 7) is 1.08. The minimum Gasteiger partial charge on any atom is -0.479 e. The summed E-state index contributed by atoms with van der Waals surface area (Å²) in [4.78, 5) is 74.9. The molecular formula is C31H60N8O12. The lowest BCUT2D eigenvalue weighted by molar-refractivity contribution is -0.166. The van der Waals surface area contributed by atoms with E-state index in [4.69, 9.17) is 32.8 Å². The quantitative estimate of drug-likeness (QED) is 0.0253. The number of hydrogen-bond donors (Lipinski definition) is 13. The fraction of sp³-hybridized carbons (Fsp3) is 0.806. The highest BCUT2D eigenvalue weighted by Crippen LogP contribution is 2.10. The van der Waals surface area contributed by atoms with Gasteiger partial charge in [0.05, 0.1) is 13.2 Å². The van der Waals surface area contributed by atoms with E-state index in [-0.39, 0.29) is 38.6 Å². The highest BCUT2D eigenvalue weighted by atomic mass is 16.5. The van der Waals surface area contributed by atoms with Gasteiger partial charge in [0.1, 0.15) is 30.3 Å². The van der Waals surface area contributed by atoms with Crippen LogP contribution in [0.4, 0.5) is 0 Å². The second-order valence-corrected chi connectivity index (χ2v) is 12.2. The molecule has 0 bridgehead atoms. The van der Waals surface area contributed by atoms with Gasteiger partial charge in [-0.25, -0.2) is 9.59 Å². The van der Waals surface area contributed by atoms with Gasteiger partial charge in [0, 0.05) is 6.54 Å². The largest absolute Gasteiger partial charge is 0.479 e. The number of hydrogen-bond acceptors (Lipinski definition) is 15. The van der Waals surface area contributed by atoms with E-state index in [1.165, 1.54) is 7.11 Å². The second-order valence-electron chi connectivity index (χ2n) is 12.2. The van der Waals surface area contributed by atoms with Gasteiger partial charge in [-0.3, -0.25) is 19.2 Å². The molecular weight excluding hydrogens is 676 g/mol. The number of aliphatic hydroxyl groups excluding tert-OH is 4. The Labute approximate surface area is 297 Å². The maximum Gasteiger partial charge on any atom is 0.335 e. The number of esters is 1. The van der Waals surface area contributed by atoms with E-state index in [0.717, 1.165) is 0 Å². The van der Waals surface area contributed by atoms with Crippen molar-refractivity contribution < 1.29 is 59.0 Å². The molecule has 0 aromatic heterocycles. The van der Waals surface area contributed by atoms with Gasteiger partial charge in [0.25, 0.3) is 5.91 Å². The zero-order valence-electron chi connectivity index (χ0n) is 29.3. The number of carbonyl (C=O) groups is 6. The van der Waals surface area contributed by atoms with Gasteiger partial charge < -0.3 is 74.5 Å². The Bertz CT molecular complexity index is 1070. The predicted octanol–water partition coefficient (Wildman–Crippen LogP) is -4.86. The Morgan fingerprint density at radius 2 is 0.980 bits per heavy atom. The maximum absolute atomic E-state index is 13.5. The lowest BCUT2D eigenvalue weighted by atomic mass is 10.0. The highest BCUT2D eigenvalue weighted by molar-refractivity contribution is 5.94. The number of amides is 4. The molecule has 51 heavy (non-hydrogen) atoms. The first-order chi connectivity index (χ1) is 24.2. The summed E-state index contributed by atoms with van der Waals surface area (Å²) in [5, 5.41) is 57.5. The van der Waals surface area contributed by atoms with Crippen molar-refractivity contribution in [2.75, 3.05) is 33.3 Å². The number of rotatable bonds is 29. The summed E-state index contributed by atoms with van der Waals surface area (Å²) in [6, 6.07) is -4.13. The first-order valence-corrected chi connectivity index (χ1v) is 17.2. The predicted molar refractivity (Wildman–Crippen MR) is 183 cm³/mol. The Morgan fingerprint density at radius 1 is 0.569 bits per heavy atom. The third-order valence-electron chi connectivity index (χ3n) is 8.01. The Balaban J connectivity index is 5.33. The first-order valence-electron chi connectivity index (χ1n) is 17.2. The lowest BCUT2D eigenvalue weighted by Crippen LogP contribution is -2.57. The third-order valence-corrected chi connectivity index (χ3v) is 8.01. The van der Waals surface area contributed by atoms with Crippen molar-refractivity contribution in [1.82, 2.24) is 21.3 Å². The van der Waals surface area contributed by atoms with Gasteiger partial charge in [-0.2, -0.15) is 0 Å². The molecule has 8 atom stereocenters. The maximum atomic E-state index is 13.5. The minimum absolute atomic E-state index is 0.0455. The van der Waals surface area contributed by atoms with Crippen molar-refractivity contribution >= 4 is 35.6 Å². The highest BCUT2D eigenvalue weighted by Gasteiger charge is 2.37. The molecule has 0 aliphatic carbocycles. The number of carboxylic acids is 1. The van der Waals surface area contributed by atoms with E-state index in [9.17, 15) is 49.2 Å². The van der Waals surface area contributed by atoms with Crippen molar-refractivity contribution in [2.45, 2.75) is 126 Å². The molecule has 0 spiro atoms. The fourth-order valence-corrected chi connectivity index (χ4v) is 4.84. The van der Waals surface area contributed by atoms with Gasteiger partial charge in [-0.05, 0) is 96.7 Å². The molecule has 17 N–H and O–H groups in total. The van der Waals surface area contributed by atoms with Gasteiger partial charge in [-0.15, -0.1) is 0 Å². The van der Waals surface area contributed by atoms with Crippen molar-refractivity contribution in [1.29, 1.82) is 0 Å². The van der Waals surface area contributed by atoms with Crippen molar-refractivity contribution in [2.24, 2.45) is 22.9 Å². The zero-order chi connectivity index (χ0) is 38.9. The van der Waals surface area contributed by atoms with Gasteiger partial charge >= 0.3 is 11.9 Å². The molecule has 0 aliphatic heterocycles. The Morgan fingerprint density at radius 3 is 1.43 bits per heavy atom. The number of nitrogens with one attached hydrogen (secondary N) is 4. The molecule has 0 saturated heterocycles. The zero-order valence-corrected chi connectivity index (χ0v) is 29.3. The SMILES string of the molecule is COC(=O)C(CCCCN)NC(=O)[C@H](CCCCN)NC(=O)[C@H](CCCCN)NC(=O)[C@@H](N)CCCCNC(=O)[C@@H](O)[C@H](O)[C@H](O)[C@@H](O)C(=O)O. The minimum atomic E-state index is -2.42. The van der Waals surface area contributed by atoms with E-state index in [1.807, 2.05) is 0 Å². The summed E-state index contributed by atoms with van der Waals surface area (Å²) in [5.74, 6) is -5.51.